The average Bonchev–Trinajstić information content (AvgIpc) is 3.19. The minimum atomic E-state index is -0.130. The van der Waals surface area contributed by atoms with Crippen LogP contribution in [0.2, 0.25) is 0 Å². The number of aryl methyl sites for hydroxylation is 1. The third kappa shape index (κ3) is 3.29. The zero-order valence-electron chi connectivity index (χ0n) is 17.0. The second-order valence-electron chi connectivity index (χ2n) is 7.33. The molecule has 2 heterocycles. The van der Waals surface area contributed by atoms with Crippen molar-refractivity contribution in [2.75, 3.05) is 13.7 Å². The normalized spacial score (nSPS) is 14.2. The molecule has 0 saturated carbocycles. The van der Waals surface area contributed by atoms with Gasteiger partial charge in [0.05, 0.1) is 12.7 Å². The molecule has 4 rings (SSSR count). The molecule has 0 saturated heterocycles. The molecule has 5 heteroatoms. The minimum Gasteiger partial charge on any atom is -0.497 e. The van der Waals surface area contributed by atoms with E-state index >= 15 is 0 Å². The van der Waals surface area contributed by atoms with E-state index in [0.717, 1.165) is 33.4 Å². The summed E-state index contributed by atoms with van der Waals surface area (Å²) in [6.07, 6.45) is 3.77. The summed E-state index contributed by atoms with van der Waals surface area (Å²) in [7, 11) is 3.61. The number of hydrogen-bond acceptors (Lipinski definition) is 4. The van der Waals surface area contributed by atoms with Crippen LogP contribution in [0.15, 0.2) is 54.4 Å². The van der Waals surface area contributed by atoms with E-state index in [-0.39, 0.29) is 5.78 Å². The van der Waals surface area contributed by atoms with Gasteiger partial charge in [-0.15, -0.1) is 0 Å². The van der Waals surface area contributed by atoms with Crippen molar-refractivity contribution < 1.29 is 19.0 Å². The SMILES string of the molecule is C=C(C)COc1ccc2c(c1C)O/C(=C\c1cn(C)c3ccc(OC)cc13)C2=O. The highest BCUT2D eigenvalue weighted by atomic mass is 16.5. The van der Waals surface area contributed by atoms with Crippen LogP contribution in [0.5, 0.6) is 17.2 Å². The van der Waals surface area contributed by atoms with Crippen LogP contribution in [0.4, 0.5) is 0 Å². The van der Waals surface area contributed by atoms with Gasteiger partial charge in [-0.25, -0.2) is 0 Å². The standard InChI is InChI=1S/C24H23NO4/c1-14(2)13-28-21-9-7-18-23(26)22(29-24(18)15(21)3)10-16-12-25(4)20-8-6-17(27-5)11-19(16)20/h6-12H,1,13H2,2-5H3/b22-10-. The summed E-state index contributed by atoms with van der Waals surface area (Å²) in [4.78, 5) is 12.9. The quantitative estimate of drug-likeness (QED) is 0.452. The smallest absolute Gasteiger partial charge is 0.231 e. The van der Waals surface area contributed by atoms with Gasteiger partial charge < -0.3 is 18.8 Å². The Morgan fingerprint density at radius 1 is 1.28 bits per heavy atom. The van der Waals surface area contributed by atoms with E-state index in [4.69, 9.17) is 14.2 Å². The third-order valence-electron chi connectivity index (χ3n) is 5.02. The van der Waals surface area contributed by atoms with Crippen molar-refractivity contribution >= 4 is 22.8 Å². The van der Waals surface area contributed by atoms with Crippen LogP contribution >= 0.6 is 0 Å². The molecular weight excluding hydrogens is 366 g/mol. The van der Waals surface area contributed by atoms with E-state index in [2.05, 4.69) is 6.58 Å². The Labute approximate surface area is 169 Å². The highest BCUT2D eigenvalue weighted by molar-refractivity contribution is 6.15. The molecule has 0 fully saturated rings. The minimum absolute atomic E-state index is 0.130. The Kier molecular flexibility index (Phi) is 4.66. The number of methoxy groups -OCH3 is 1. The van der Waals surface area contributed by atoms with Gasteiger partial charge in [0.15, 0.2) is 5.76 Å². The van der Waals surface area contributed by atoms with Crippen LogP contribution in [-0.2, 0) is 7.05 Å². The molecule has 0 unspecified atom stereocenters. The zero-order valence-corrected chi connectivity index (χ0v) is 17.0. The molecule has 0 atom stereocenters. The van der Waals surface area contributed by atoms with Crippen molar-refractivity contribution in [2.45, 2.75) is 13.8 Å². The average molecular weight is 389 g/mol. The Morgan fingerprint density at radius 2 is 2.07 bits per heavy atom. The summed E-state index contributed by atoms with van der Waals surface area (Å²) in [5, 5.41) is 0.994. The topological polar surface area (TPSA) is 49.7 Å². The first-order chi connectivity index (χ1) is 13.9. The molecule has 3 aromatic rings. The summed E-state index contributed by atoms with van der Waals surface area (Å²) in [5.74, 6) is 2.18. The molecule has 0 bridgehead atoms. The van der Waals surface area contributed by atoms with Gasteiger partial charge in [0.1, 0.15) is 23.9 Å². The molecular formula is C24H23NO4. The van der Waals surface area contributed by atoms with Gasteiger partial charge in [-0.1, -0.05) is 6.58 Å². The van der Waals surface area contributed by atoms with Crippen LogP contribution in [0.1, 0.15) is 28.4 Å². The number of benzene rings is 2. The van der Waals surface area contributed by atoms with E-state index in [1.165, 1.54) is 0 Å². The predicted octanol–water partition coefficient (Wildman–Crippen LogP) is 5.07. The highest BCUT2D eigenvalue weighted by Gasteiger charge is 2.30. The summed E-state index contributed by atoms with van der Waals surface area (Å²) in [6.45, 7) is 8.08. The lowest BCUT2D eigenvalue weighted by molar-refractivity contribution is 0.101. The van der Waals surface area contributed by atoms with Gasteiger partial charge in [0, 0.05) is 35.3 Å². The number of aromatic nitrogens is 1. The van der Waals surface area contributed by atoms with Crippen molar-refractivity contribution in [3.8, 4) is 17.2 Å². The van der Waals surface area contributed by atoms with Gasteiger partial charge in [-0.3, -0.25) is 4.79 Å². The van der Waals surface area contributed by atoms with E-state index in [0.29, 0.717) is 29.4 Å². The number of rotatable bonds is 5. The fourth-order valence-electron chi connectivity index (χ4n) is 3.51. The van der Waals surface area contributed by atoms with Crippen LogP contribution in [0.3, 0.4) is 0 Å². The van der Waals surface area contributed by atoms with Gasteiger partial charge >= 0.3 is 0 Å². The molecule has 2 aromatic carbocycles. The van der Waals surface area contributed by atoms with Gasteiger partial charge in [0.25, 0.3) is 0 Å². The lowest BCUT2D eigenvalue weighted by atomic mass is 10.1. The van der Waals surface area contributed by atoms with Crippen molar-refractivity contribution in [3.63, 3.8) is 0 Å². The molecule has 0 radical (unpaired) electrons. The first-order valence-corrected chi connectivity index (χ1v) is 9.37. The lowest BCUT2D eigenvalue weighted by Gasteiger charge is -2.11. The van der Waals surface area contributed by atoms with Crippen LogP contribution in [-0.4, -0.2) is 24.1 Å². The largest absolute Gasteiger partial charge is 0.497 e. The van der Waals surface area contributed by atoms with Crippen LogP contribution in [0.25, 0.3) is 17.0 Å². The summed E-state index contributed by atoms with van der Waals surface area (Å²) in [5.41, 5.74) is 4.23. The maximum atomic E-state index is 12.9. The molecule has 5 nitrogen and oxygen atoms in total. The Bertz CT molecular complexity index is 1180. The Hall–Kier alpha value is -3.47. The van der Waals surface area contributed by atoms with Crippen molar-refractivity contribution in [1.29, 1.82) is 0 Å². The zero-order chi connectivity index (χ0) is 20.7. The number of hydrogen-bond donors (Lipinski definition) is 0. The molecule has 1 aliphatic heterocycles. The van der Waals surface area contributed by atoms with E-state index < -0.39 is 0 Å². The van der Waals surface area contributed by atoms with Gasteiger partial charge in [-0.05, 0) is 55.8 Å². The Balaban J connectivity index is 1.72. The summed E-state index contributed by atoms with van der Waals surface area (Å²) >= 11 is 0. The van der Waals surface area contributed by atoms with E-state index in [9.17, 15) is 4.79 Å². The molecule has 0 N–H and O–H groups in total. The van der Waals surface area contributed by atoms with Crippen LogP contribution in [0, 0.1) is 6.92 Å². The van der Waals surface area contributed by atoms with E-state index in [1.807, 2.05) is 55.9 Å². The maximum absolute atomic E-state index is 12.9. The monoisotopic (exact) mass is 389 g/mol. The van der Waals surface area contributed by atoms with Crippen molar-refractivity contribution in [3.05, 3.63) is 71.1 Å². The number of ether oxygens (including phenoxy) is 3. The molecule has 1 aromatic heterocycles. The molecule has 1 aliphatic rings. The first-order valence-electron chi connectivity index (χ1n) is 9.37. The summed E-state index contributed by atoms with van der Waals surface area (Å²) < 4.78 is 19.1. The van der Waals surface area contributed by atoms with Crippen molar-refractivity contribution in [1.82, 2.24) is 4.57 Å². The maximum Gasteiger partial charge on any atom is 0.231 e. The van der Waals surface area contributed by atoms with Gasteiger partial charge in [-0.2, -0.15) is 0 Å². The number of ketones is 1. The third-order valence-corrected chi connectivity index (χ3v) is 5.02. The molecule has 0 spiro atoms. The number of allylic oxidation sites excluding steroid dienone is 1. The van der Waals surface area contributed by atoms with Gasteiger partial charge in [0.2, 0.25) is 5.78 Å². The predicted molar refractivity (Wildman–Crippen MR) is 114 cm³/mol. The Morgan fingerprint density at radius 3 is 2.79 bits per heavy atom. The number of fused-ring (bicyclic) bond motifs is 2. The number of nitrogens with zero attached hydrogens (tertiary/aromatic N) is 1. The number of carbonyl (C=O) groups is 1. The summed E-state index contributed by atoms with van der Waals surface area (Å²) in [6, 6.07) is 9.44. The molecule has 148 valence electrons. The molecule has 0 amide bonds. The van der Waals surface area contributed by atoms with Crippen molar-refractivity contribution in [2.24, 2.45) is 7.05 Å². The second kappa shape index (κ2) is 7.17. The fourth-order valence-corrected chi connectivity index (χ4v) is 3.51. The number of Topliss-reactive ketones (excluding diaryl/α,β-unsaturated/α-hetero) is 1. The highest BCUT2D eigenvalue weighted by Crippen LogP contribution is 2.40. The molecule has 29 heavy (non-hydrogen) atoms. The molecule has 0 aliphatic carbocycles. The number of carbonyl (C=O) groups excluding carboxylic acids is 1. The second-order valence-corrected chi connectivity index (χ2v) is 7.33. The lowest BCUT2D eigenvalue weighted by Crippen LogP contribution is -2.00. The van der Waals surface area contributed by atoms with E-state index in [1.54, 1.807) is 19.3 Å². The first kappa shape index (κ1) is 18.9. The van der Waals surface area contributed by atoms with Crippen LogP contribution < -0.4 is 14.2 Å². The fraction of sp³-hybridized carbons (Fsp3) is 0.208.